The van der Waals surface area contributed by atoms with Crippen LogP contribution < -0.4 is 0 Å². The van der Waals surface area contributed by atoms with Gasteiger partial charge in [0.1, 0.15) is 16.5 Å². The number of nitrogens with zero attached hydrogens (tertiary/aromatic N) is 8. The Morgan fingerprint density at radius 2 is 1.93 bits per heavy atom. The molecule has 0 radical (unpaired) electrons. The number of aryl methyl sites for hydroxylation is 1. The zero-order chi connectivity index (χ0) is 29.5. The number of carbonyl (C=O) groups is 1. The number of ketones is 1. The van der Waals surface area contributed by atoms with Gasteiger partial charge < -0.3 is 9.67 Å². The fourth-order valence-corrected chi connectivity index (χ4v) is 6.40. The van der Waals surface area contributed by atoms with Gasteiger partial charge in [0, 0.05) is 43.2 Å². The molecule has 1 saturated heterocycles. The Balaban J connectivity index is 1.19. The maximum atomic E-state index is 13.7. The number of hydrogen-bond donors (Lipinski definition) is 1. The minimum Gasteiger partial charge on any atom is -0.395 e. The van der Waals surface area contributed by atoms with Gasteiger partial charge in [-0.1, -0.05) is 0 Å². The summed E-state index contributed by atoms with van der Waals surface area (Å²) in [7, 11) is 0. The largest absolute Gasteiger partial charge is 0.395 e. The number of fused-ring (bicyclic) bond motifs is 1. The standard InChI is InChI=1S/C31H27FN8O2S/c1-19-30(43-31(35-19)21-3-2-10-33-14-21)26(42)13-23-15-40-27(36-23)9-8-25(37-40)29-28(20-4-6-22(32)7-5-20)34-18-39(29)24-16-38(17-24)11-12-41/h2-10,14-15,18,24,41H,11-13,16-17H2,1H3. The molecule has 1 aliphatic heterocycles. The van der Waals surface area contributed by atoms with Crippen LogP contribution in [-0.4, -0.2) is 76.1 Å². The number of β-amino-alcohol motifs (C(OH)–C–C–N with tert-alkyl or cyclic N) is 1. The molecule has 216 valence electrons. The first kappa shape index (κ1) is 27.2. The molecule has 0 unspecified atom stereocenters. The molecule has 0 spiro atoms. The van der Waals surface area contributed by atoms with Gasteiger partial charge in [-0.2, -0.15) is 5.10 Å². The molecular formula is C31H27FN8O2S. The van der Waals surface area contributed by atoms with E-state index in [9.17, 15) is 14.3 Å². The maximum Gasteiger partial charge on any atom is 0.180 e. The average Bonchev–Trinajstić information content (AvgIpc) is 3.71. The summed E-state index contributed by atoms with van der Waals surface area (Å²) in [4.78, 5) is 34.2. The summed E-state index contributed by atoms with van der Waals surface area (Å²) in [5, 5.41) is 15.0. The Kier molecular flexibility index (Phi) is 7.09. The molecule has 0 bridgehead atoms. The van der Waals surface area contributed by atoms with Crippen LogP contribution in [0.4, 0.5) is 4.39 Å². The van der Waals surface area contributed by atoms with E-state index in [0.29, 0.717) is 39.8 Å². The second-order valence-corrected chi connectivity index (χ2v) is 11.5. The van der Waals surface area contributed by atoms with E-state index in [1.807, 2.05) is 31.2 Å². The van der Waals surface area contributed by atoms with Crippen LogP contribution in [0, 0.1) is 12.7 Å². The number of carbonyl (C=O) groups excluding carboxylic acids is 1. The summed E-state index contributed by atoms with van der Waals surface area (Å²) in [5.74, 6) is -0.368. The molecule has 7 rings (SSSR count). The number of aromatic nitrogens is 7. The first-order chi connectivity index (χ1) is 21.0. The van der Waals surface area contributed by atoms with Crippen molar-refractivity contribution >= 4 is 22.8 Å². The third kappa shape index (κ3) is 5.24. The molecule has 6 aromatic rings. The van der Waals surface area contributed by atoms with Crippen LogP contribution in [0.2, 0.25) is 0 Å². The molecule has 0 aliphatic carbocycles. The number of hydrogen-bond acceptors (Lipinski definition) is 9. The molecule has 12 heteroatoms. The van der Waals surface area contributed by atoms with Crippen molar-refractivity contribution < 1.29 is 14.3 Å². The van der Waals surface area contributed by atoms with Crippen LogP contribution >= 0.6 is 11.3 Å². The Bertz CT molecular complexity index is 1930. The Morgan fingerprint density at radius 1 is 1.09 bits per heavy atom. The molecule has 1 aliphatic rings. The Labute approximate surface area is 250 Å². The van der Waals surface area contributed by atoms with Crippen LogP contribution in [-0.2, 0) is 6.42 Å². The van der Waals surface area contributed by atoms with Crippen molar-refractivity contribution in [2.24, 2.45) is 0 Å². The molecule has 1 fully saturated rings. The minimum absolute atomic E-state index is 0.0529. The predicted molar refractivity (Wildman–Crippen MR) is 160 cm³/mol. The van der Waals surface area contributed by atoms with Gasteiger partial charge in [-0.3, -0.25) is 14.7 Å². The van der Waals surface area contributed by atoms with Gasteiger partial charge in [0.05, 0.1) is 59.2 Å². The van der Waals surface area contributed by atoms with Crippen molar-refractivity contribution in [2.45, 2.75) is 19.4 Å². The van der Waals surface area contributed by atoms with Crippen LogP contribution in [0.1, 0.15) is 27.1 Å². The van der Waals surface area contributed by atoms with Gasteiger partial charge >= 0.3 is 0 Å². The number of Topliss-reactive ketones (excluding diaryl/α,β-unsaturated/α-hetero) is 1. The topological polar surface area (TPSA) is 114 Å². The number of benzene rings is 1. The molecule has 0 amide bonds. The second-order valence-electron chi connectivity index (χ2n) is 10.5. The van der Waals surface area contributed by atoms with Gasteiger partial charge in [-0.25, -0.2) is 23.9 Å². The van der Waals surface area contributed by atoms with Crippen molar-refractivity contribution in [1.82, 2.24) is 39.0 Å². The molecule has 43 heavy (non-hydrogen) atoms. The van der Waals surface area contributed by atoms with Crippen LogP contribution in [0.25, 0.3) is 38.9 Å². The molecule has 0 saturated carbocycles. The highest BCUT2D eigenvalue weighted by atomic mass is 32.1. The number of aliphatic hydroxyl groups is 1. The quantitative estimate of drug-likeness (QED) is 0.244. The van der Waals surface area contributed by atoms with Crippen molar-refractivity contribution in [3.8, 4) is 33.2 Å². The van der Waals surface area contributed by atoms with Gasteiger partial charge in [-0.05, 0) is 55.5 Å². The van der Waals surface area contributed by atoms with Crippen LogP contribution in [0.3, 0.4) is 0 Å². The highest BCUT2D eigenvalue weighted by Gasteiger charge is 2.31. The lowest BCUT2D eigenvalue weighted by molar-refractivity contribution is 0.0846. The number of pyridine rings is 1. The first-order valence-electron chi connectivity index (χ1n) is 13.9. The highest BCUT2D eigenvalue weighted by molar-refractivity contribution is 7.17. The number of likely N-dealkylation sites (tertiary alicyclic amines) is 1. The van der Waals surface area contributed by atoms with E-state index in [0.717, 1.165) is 34.9 Å². The van der Waals surface area contributed by atoms with Gasteiger partial charge in [-0.15, -0.1) is 11.3 Å². The molecular weight excluding hydrogens is 567 g/mol. The number of rotatable bonds is 9. The molecule has 5 aromatic heterocycles. The summed E-state index contributed by atoms with van der Waals surface area (Å²) < 4.78 is 17.5. The predicted octanol–water partition coefficient (Wildman–Crippen LogP) is 4.50. The zero-order valence-electron chi connectivity index (χ0n) is 23.3. The van der Waals surface area contributed by atoms with Crippen molar-refractivity contribution in [3.05, 3.63) is 95.5 Å². The van der Waals surface area contributed by atoms with E-state index in [1.165, 1.54) is 23.5 Å². The molecule has 1 aromatic carbocycles. The lowest BCUT2D eigenvalue weighted by atomic mass is 10.1. The first-order valence-corrected chi connectivity index (χ1v) is 14.7. The van der Waals surface area contributed by atoms with Gasteiger partial charge in [0.15, 0.2) is 11.4 Å². The second kappa shape index (κ2) is 11.2. The maximum absolute atomic E-state index is 13.7. The summed E-state index contributed by atoms with van der Waals surface area (Å²) in [6.45, 7) is 4.14. The Morgan fingerprint density at radius 3 is 2.70 bits per heavy atom. The molecule has 10 nitrogen and oxygen atoms in total. The van der Waals surface area contributed by atoms with E-state index in [1.54, 1.807) is 41.6 Å². The third-order valence-corrected chi connectivity index (χ3v) is 8.82. The van der Waals surface area contributed by atoms with E-state index >= 15 is 0 Å². The SMILES string of the molecule is Cc1nc(-c2cccnc2)sc1C(=O)Cc1cn2nc(-c3c(-c4ccc(F)cc4)ncn3C3CN(CCO)C3)ccc2n1. The van der Waals surface area contributed by atoms with E-state index in [-0.39, 0.29) is 30.7 Å². The monoisotopic (exact) mass is 594 g/mol. The van der Waals surface area contributed by atoms with E-state index in [2.05, 4.69) is 24.4 Å². The van der Waals surface area contributed by atoms with E-state index in [4.69, 9.17) is 10.1 Å². The number of imidazole rings is 2. The van der Waals surface area contributed by atoms with Crippen molar-refractivity contribution in [2.75, 3.05) is 26.2 Å². The fourth-order valence-electron chi connectivity index (χ4n) is 5.41. The molecule has 0 atom stereocenters. The van der Waals surface area contributed by atoms with Gasteiger partial charge in [0.25, 0.3) is 0 Å². The summed E-state index contributed by atoms with van der Waals surface area (Å²) >= 11 is 1.36. The van der Waals surface area contributed by atoms with Gasteiger partial charge in [0.2, 0.25) is 0 Å². The lowest BCUT2D eigenvalue weighted by Crippen LogP contribution is -2.48. The Hall–Kier alpha value is -4.65. The lowest BCUT2D eigenvalue weighted by Gasteiger charge is -2.40. The number of halogens is 1. The summed E-state index contributed by atoms with van der Waals surface area (Å²) in [6.07, 6.45) is 7.14. The van der Waals surface area contributed by atoms with E-state index < -0.39 is 0 Å². The molecule has 6 heterocycles. The number of aliphatic hydroxyl groups excluding tert-OH is 1. The third-order valence-electron chi connectivity index (χ3n) is 7.57. The van der Waals surface area contributed by atoms with Crippen molar-refractivity contribution in [3.63, 3.8) is 0 Å². The highest BCUT2D eigenvalue weighted by Crippen LogP contribution is 2.35. The zero-order valence-corrected chi connectivity index (χ0v) is 24.1. The van der Waals surface area contributed by atoms with Crippen LogP contribution in [0.5, 0.6) is 0 Å². The fraction of sp³-hybridized carbons (Fsp3) is 0.226. The smallest absolute Gasteiger partial charge is 0.180 e. The van der Waals surface area contributed by atoms with Crippen LogP contribution in [0.15, 0.2) is 73.4 Å². The minimum atomic E-state index is -0.315. The molecule has 1 N–H and O–H groups in total. The van der Waals surface area contributed by atoms with Crippen molar-refractivity contribution in [1.29, 1.82) is 0 Å². The average molecular weight is 595 g/mol. The normalized spacial score (nSPS) is 13.9. The number of thiazole rings is 1. The summed E-state index contributed by atoms with van der Waals surface area (Å²) in [6, 6.07) is 14.0. The summed E-state index contributed by atoms with van der Waals surface area (Å²) in [5.41, 5.74) is 5.78.